The first-order valence-electron chi connectivity index (χ1n) is 5.90. The zero-order chi connectivity index (χ0) is 12.4. The second kappa shape index (κ2) is 4.77. The summed E-state index contributed by atoms with van der Waals surface area (Å²) in [5, 5.41) is 9.14. The highest BCUT2D eigenvalue weighted by Gasteiger charge is 2.46. The van der Waals surface area contributed by atoms with E-state index in [0.717, 1.165) is 12.8 Å². The smallest absolute Gasteiger partial charge is 0.410 e. The lowest BCUT2D eigenvalue weighted by molar-refractivity contribution is -0.149. The minimum atomic E-state index is -0.805. The lowest BCUT2D eigenvalue weighted by atomic mass is 9.73. The van der Waals surface area contributed by atoms with Crippen LogP contribution in [0.2, 0.25) is 0 Å². The van der Waals surface area contributed by atoms with Gasteiger partial charge in [0.15, 0.2) is 0 Å². The van der Waals surface area contributed by atoms with Gasteiger partial charge in [0, 0.05) is 12.6 Å². The molecular formula is C12H17NO4. The molecule has 0 aromatic rings. The first kappa shape index (κ1) is 12.0. The van der Waals surface area contributed by atoms with Gasteiger partial charge in [0.25, 0.3) is 0 Å². The molecule has 2 bridgehead atoms. The van der Waals surface area contributed by atoms with E-state index in [9.17, 15) is 9.59 Å². The van der Waals surface area contributed by atoms with Crippen LogP contribution in [0.15, 0.2) is 12.7 Å². The molecule has 0 aromatic carbocycles. The van der Waals surface area contributed by atoms with Gasteiger partial charge < -0.3 is 14.7 Å². The molecule has 3 fully saturated rings. The number of carbonyl (C=O) groups is 2. The number of piperidine rings is 2. The molecule has 3 aliphatic rings. The van der Waals surface area contributed by atoms with Crippen molar-refractivity contribution in [2.75, 3.05) is 13.2 Å². The van der Waals surface area contributed by atoms with Crippen molar-refractivity contribution in [3.05, 3.63) is 12.7 Å². The summed E-state index contributed by atoms with van der Waals surface area (Å²) >= 11 is 0. The number of ether oxygens (including phenoxy) is 1. The molecule has 1 N–H and O–H groups in total. The number of amides is 1. The fraction of sp³-hybridized carbons (Fsp3) is 0.667. The van der Waals surface area contributed by atoms with E-state index in [1.807, 2.05) is 0 Å². The zero-order valence-electron chi connectivity index (χ0n) is 9.67. The van der Waals surface area contributed by atoms with Crippen LogP contribution in [0.25, 0.3) is 0 Å². The number of aliphatic carboxylic acids is 1. The van der Waals surface area contributed by atoms with Crippen molar-refractivity contribution in [1.29, 1.82) is 0 Å². The monoisotopic (exact) mass is 239 g/mol. The molecule has 0 aromatic heterocycles. The molecule has 5 nitrogen and oxygen atoms in total. The second-order valence-corrected chi connectivity index (χ2v) is 4.71. The fourth-order valence-corrected chi connectivity index (χ4v) is 2.88. The number of hydrogen-bond donors (Lipinski definition) is 1. The molecule has 17 heavy (non-hydrogen) atoms. The Morgan fingerprint density at radius 2 is 2.24 bits per heavy atom. The van der Waals surface area contributed by atoms with Gasteiger partial charge in [-0.15, -0.1) is 0 Å². The van der Waals surface area contributed by atoms with Gasteiger partial charge in [-0.1, -0.05) is 12.7 Å². The highest BCUT2D eigenvalue weighted by atomic mass is 16.6. The summed E-state index contributed by atoms with van der Waals surface area (Å²) in [6.07, 6.45) is 3.57. The maximum Gasteiger partial charge on any atom is 0.410 e. The third kappa shape index (κ3) is 2.28. The summed E-state index contributed by atoms with van der Waals surface area (Å²) in [5.74, 6) is -0.933. The van der Waals surface area contributed by atoms with E-state index in [0.29, 0.717) is 18.9 Å². The largest absolute Gasteiger partial charge is 0.481 e. The Labute approximate surface area is 100 Å². The molecular weight excluding hydrogens is 222 g/mol. The quantitative estimate of drug-likeness (QED) is 0.758. The Bertz CT molecular complexity index is 341. The topological polar surface area (TPSA) is 66.8 Å². The molecule has 2 aliphatic heterocycles. The summed E-state index contributed by atoms with van der Waals surface area (Å²) in [7, 11) is 0. The van der Waals surface area contributed by atoms with Crippen molar-refractivity contribution in [1.82, 2.24) is 4.90 Å². The van der Waals surface area contributed by atoms with Gasteiger partial charge in [0.05, 0.1) is 5.92 Å². The Hall–Kier alpha value is -1.52. The van der Waals surface area contributed by atoms with Crippen LogP contribution in [0, 0.1) is 11.8 Å². The van der Waals surface area contributed by atoms with Crippen LogP contribution in [0.5, 0.6) is 0 Å². The van der Waals surface area contributed by atoms with Gasteiger partial charge in [0.1, 0.15) is 6.61 Å². The molecule has 1 aliphatic carbocycles. The highest BCUT2D eigenvalue weighted by molar-refractivity contribution is 5.74. The summed E-state index contributed by atoms with van der Waals surface area (Å²) in [5.41, 5.74) is 0. The zero-order valence-corrected chi connectivity index (χ0v) is 9.67. The average Bonchev–Trinajstić information content (AvgIpc) is 2.36. The van der Waals surface area contributed by atoms with Crippen LogP contribution in [-0.2, 0) is 9.53 Å². The Balaban J connectivity index is 2.06. The predicted molar refractivity (Wildman–Crippen MR) is 60.5 cm³/mol. The maximum absolute atomic E-state index is 11.8. The standard InChI is InChI=1S/C12H17NO4/c1-2-5-17-12(16)13-7-8-3-4-10(13)9(6-8)11(14)15/h2,8-10H,1,3-7H2,(H,14,15). The van der Waals surface area contributed by atoms with Crippen LogP contribution in [0.3, 0.4) is 0 Å². The first-order valence-corrected chi connectivity index (χ1v) is 5.90. The molecule has 1 saturated carbocycles. The third-order valence-electron chi connectivity index (χ3n) is 3.65. The summed E-state index contributed by atoms with van der Waals surface area (Å²) in [6, 6.07) is -0.199. The SMILES string of the molecule is C=CCOC(=O)N1CC2CCC1C(C(=O)O)C2. The van der Waals surface area contributed by atoms with Crippen LogP contribution >= 0.6 is 0 Å². The third-order valence-corrected chi connectivity index (χ3v) is 3.65. The van der Waals surface area contributed by atoms with Gasteiger partial charge in [-0.2, -0.15) is 0 Å². The van der Waals surface area contributed by atoms with Gasteiger partial charge >= 0.3 is 12.1 Å². The fourth-order valence-electron chi connectivity index (χ4n) is 2.88. The summed E-state index contributed by atoms with van der Waals surface area (Å²) in [4.78, 5) is 24.5. The molecule has 0 spiro atoms. The molecule has 3 rings (SSSR count). The molecule has 0 radical (unpaired) electrons. The van der Waals surface area contributed by atoms with E-state index in [4.69, 9.17) is 9.84 Å². The molecule has 2 saturated heterocycles. The minimum absolute atomic E-state index is 0.171. The lowest BCUT2D eigenvalue weighted by Crippen LogP contribution is -2.57. The van der Waals surface area contributed by atoms with Crippen molar-refractivity contribution in [2.45, 2.75) is 25.3 Å². The number of rotatable bonds is 3. The molecule has 5 heteroatoms. The number of carboxylic acid groups (broad SMARTS) is 1. The van der Waals surface area contributed by atoms with Gasteiger partial charge in [-0.25, -0.2) is 4.79 Å². The van der Waals surface area contributed by atoms with Gasteiger partial charge in [0.2, 0.25) is 0 Å². The minimum Gasteiger partial charge on any atom is -0.481 e. The number of fused-ring (bicyclic) bond motifs is 3. The Kier molecular flexibility index (Phi) is 3.36. The van der Waals surface area contributed by atoms with Crippen molar-refractivity contribution in [3.63, 3.8) is 0 Å². The van der Waals surface area contributed by atoms with Crippen molar-refractivity contribution < 1.29 is 19.4 Å². The second-order valence-electron chi connectivity index (χ2n) is 4.71. The van der Waals surface area contributed by atoms with Crippen LogP contribution in [-0.4, -0.2) is 41.3 Å². The van der Waals surface area contributed by atoms with Crippen LogP contribution in [0.1, 0.15) is 19.3 Å². The van der Waals surface area contributed by atoms with Gasteiger partial charge in [-0.3, -0.25) is 4.79 Å². The normalized spacial score (nSPS) is 31.1. The Morgan fingerprint density at radius 1 is 1.47 bits per heavy atom. The van der Waals surface area contributed by atoms with Crippen LogP contribution in [0.4, 0.5) is 4.79 Å². The molecule has 3 atom stereocenters. The number of hydrogen-bond acceptors (Lipinski definition) is 3. The van der Waals surface area contributed by atoms with E-state index >= 15 is 0 Å². The van der Waals surface area contributed by atoms with E-state index in [-0.39, 0.29) is 12.6 Å². The van der Waals surface area contributed by atoms with E-state index < -0.39 is 18.0 Å². The number of nitrogens with zero attached hydrogens (tertiary/aromatic N) is 1. The molecule has 94 valence electrons. The first-order chi connectivity index (χ1) is 8.13. The van der Waals surface area contributed by atoms with Crippen molar-refractivity contribution >= 4 is 12.1 Å². The summed E-state index contributed by atoms with van der Waals surface area (Å²) < 4.78 is 4.99. The highest BCUT2D eigenvalue weighted by Crippen LogP contribution is 2.39. The lowest BCUT2D eigenvalue weighted by Gasteiger charge is -2.47. The van der Waals surface area contributed by atoms with Gasteiger partial charge in [-0.05, 0) is 25.2 Å². The number of carbonyl (C=O) groups excluding carboxylic acids is 1. The van der Waals surface area contributed by atoms with E-state index in [1.54, 1.807) is 4.90 Å². The van der Waals surface area contributed by atoms with Crippen molar-refractivity contribution in [3.8, 4) is 0 Å². The molecule has 3 unspecified atom stereocenters. The number of carboxylic acids is 1. The maximum atomic E-state index is 11.8. The van der Waals surface area contributed by atoms with E-state index in [1.165, 1.54) is 6.08 Å². The summed E-state index contributed by atoms with van der Waals surface area (Å²) in [6.45, 7) is 4.28. The van der Waals surface area contributed by atoms with E-state index in [2.05, 4.69) is 6.58 Å². The average molecular weight is 239 g/mol. The molecule has 1 amide bonds. The predicted octanol–water partition coefficient (Wildman–Crippen LogP) is 1.49. The van der Waals surface area contributed by atoms with Crippen LogP contribution < -0.4 is 0 Å². The molecule has 2 heterocycles. The van der Waals surface area contributed by atoms with Crippen molar-refractivity contribution in [2.24, 2.45) is 11.8 Å². The Morgan fingerprint density at radius 3 is 2.82 bits per heavy atom.